The molecule has 0 saturated carbocycles. The number of aromatic nitrogens is 1. The Morgan fingerprint density at radius 3 is 2.68 bits per heavy atom. The van der Waals surface area contributed by atoms with Gasteiger partial charge in [0.25, 0.3) is 0 Å². The van der Waals surface area contributed by atoms with Crippen molar-refractivity contribution in [1.82, 2.24) is 20.1 Å². The number of pyridine rings is 1. The van der Waals surface area contributed by atoms with E-state index in [1.165, 1.54) is 0 Å². The number of carbonyl (C=O) groups is 2. The van der Waals surface area contributed by atoms with Gasteiger partial charge in [0.15, 0.2) is 11.5 Å². The summed E-state index contributed by atoms with van der Waals surface area (Å²) in [4.78, 5) is 33.6. The zero-order valence-electron chi connectivity index (χ0n) is 17.9. The van der Waals surface area contributed by atoms with Crippen LogP contribution in [0.2, 0.25) is 0 Å². The van der Waals surface area contributed by atoms with Gasteiger partial charge in [-0.1, -0.05) is 12.1 Å². The summed E-state index contributed by atoms with van der Waals surface area (Å²) in [5.41, 5.74) is 1.70. The number of benzene rings is 1. The third-order valence-electron chi connectivity index (χ3n) is 5.87. The number of nitrogens with one attached hydrogen (secondary N) is 1. The molecule has 0 aliphatic carbocycles. The average Bonchev–Trinajstić information content (AvgIpc) is 3.28. The maximum absolute atomic E-state index is 13.4. The zero-order chi connectivity index (χ0) is 21.8. The SMILES string of the molecule is CCNC(=O)N1CCC(C(=O)N(C)C(c2ccc3c(c2)OCO3)c2ccccn2)CC1. The van der Waals surface area contributed by atoms with Gasteiger partial charge in [0.1, 0.15) is 0 Å². The van der Waals surface area contributed by atoms with E-state index in [-0.39, 0.29) is 30.7 Å². The van der Waals surface area contributed by atoms with Crippen LogP contribution in [-0.4, -0.2) is 60.2 Å². The van der Waals surface area contributed by atoms with Crippen molar-refractivity contribution in [3.05, 3.63) is 53.9 Å². The molecule has 2 aliphatic heterocycles. The molecule has 4 rings (SSSR count). The van der Waals surface area contributed by atoms with Crippen molar-refractivity contribution in [2.24, 2.45) is 5.92 Å². The number of urea groups is 1. The quantitative estimate of drug-likeness (QED) is 0.798. The van der Waals surface area contributed by atoms with Gasteiger partial charge in [-0.05, 0) is 49.6 Å². The molecule has 1 atom stereocenters. The number of carbonyl (C=O) groups excluding carboxylic acids is 2. The normalized spacial score (nSPS) is 16.6. The minimum atomic E-state index is -0.343. The van der Waals surface area contributed by atoms with Crippen molar-refractivity contribution in [3.8, 4) is 11.5 Å². The van der Waals surface area contributed by atoms with Gasteiger partial charge in [0.2, 0.25) is 12.7 Å². The third-order valence-corrected chi connectivity index (χ3v) is 5.87. The van der Waals surface area contributed by atoms with Gasteiger partial charge in [-0.25, -0.2) is 4.79 Å². The lowest BCUT2D eigenvalue weighted by molar-refractivity contribution is -0.137. The van der Waals surface area contributed by atoms with Crippen LogP contribution in [0, 0.1) is 5.92 Å². The Bertz CT molecular complexity index is 928. The highest BCUT2D eigenvalue weighted by Gasteiger charge is 2.33. The Labute approximate surface area is 182 Å². The maximum Gasteiger partial charge on any atom is 0.317 e. The predicted molar refractivity (Wildman–Crippen MR) is 115 cm³/mol. The van der Waals surface area contributed by atoms with E-state index in [2.05, 4.69) is 10.3 Å². The number of ether oxygens (including phenoxy) is 2. The monoisotopic (exact) mass is 424 g/mol. The van der Waals surface area contributed by atoms with E-state index in [4.69, 9.17) is 9.47 Å². The first-order valence-electron chi connectivity index (χ1n) is 10.7. The van der Waals surface area contributed by atoms with Gasteiger partial charge in [-0.2, -0.15) is 0 Å². The molecule has 164 valence electrons. The molecule has 2 aromatic rings. The van der Waals surface area contributed by atoms with E-state index in [1.807, 2.05) is 50.4 Å². The minimum absolute atomic E-state index is 0.0591. The van der Waals surface area contributed by atoms with Gasteiger partial charge in [0.05, 0.1) is 11.7 Å². The molecule has 8 nitrogen and oxygen atoms in total. The predicted octanol–water partition coefficient (Wildman–Crippen LogP) is 2.80. The van der Waals surface area contributed by atoms with Crippen LogP contribution in [0.25, 0.3) is 0 Å². The molecule has 31 heavy (non-hydrogen) atoms. The van der Waals surface area contributed by atoms with Gasteiger partial charge >= 0.3 is 6.03 Å². The van der Waals surface area contributed by atoms with Crippen molar-refractivity contribution >= 4 is 11.9 Å². The van der Waals surface area contributed by atoms with Crippen LogP contribution in [0.15, 0.2) is 42.6 Å². The molecule has 1 saturated heterocycles. The van der Waals surface area contributed by atoms with E-state index >= 15 is 0 Å². The standard InChI is InChI=1S/C23H28N4O4/c1-3-24-23(29)27-12-9-16(10-13-27)22(28)26(2)21(18-6-4-5-11-25-18)17-7-8-19-20(14-17)31-15-30-19/h4-8,11,14,16,21H,3,9-10,12-13,15H2,1-2H3,(H,24,29). The maximum atomic E-state index is 13.4. The number of fused-ring (bicyclic) bond motifs is 1. The van der Waals surface area contributed by atoms with Crippen LogP contribution in [0.5, 0.6) is 11.5 Å². The minimum Gasteiger partial charge on any atom is -0.454 e. The molecule has 1 unspecified atom stereocenters. The number of rotatable bonds is 5. The highest BCUT2D eigenvalue weighted by atomic mass is 16.7. The van der Waals surface area contributed by atoms with Crippen LogP contribution in [0.1, 0.15) is 37.1 Å². The summed E-state index contributed by atoms with van der Waals surface area (Å²) >= 11 is 0. The fourth-order valence-corrected chi connectivity index (χ4v) is 4.22. The summed E-state index contributed by atoms with van der Waals surface area (Å²) in [5.74, 6) is 1.31. The number of amides is 3. The number of piperidine rings is 1. The Hall–Kier alpha value is -3.29. The van der Waals surface area contributed by atoms with Gasteiger partial charge in [-0.15, -0.1) is 0 Å². The van der Waals surface area contributed by atoms with Crippen molar-refractivity contribution in [2.75, 3.05) is 33.5 Å². The summed E-state index contributed by atoms with van der Waals surface area (Å²) in [6, 6.07) is 11.0. The smallest absolute Gasteiger partial charge is 0.317 e. The summed E-state index contributed by atoms with van der Waals surface area (Å²) < 4.78 is 11.0. The molecule has 1 aromatic carbocycles. The van der Waals surface area contributed by atoms with Gasteiger partial charge < -0.3 is 24.6 Å². The lowest BCUT2D eigenvalue weighted by Gasteiger charge is -2.35. The fraction of sp³-hybridized carbons (Fsp3) is 0.435. The molecule has 2 aliphatic rings. The van der Waals surface area contributed by atoms with Crippen LogP contribution >= 0.6 is 0 Å². The fourth-order valence-electron chi connectivity index (χ4n) is 4.22. The molecular weight excluding hydrogens is 396 g/mol. The molecule has 1 fully saturated rings. The van der Waals surface area contributed by atoms with Crippen molar-refractivity contribution in [3.63, 3.8) is 0 Å². The number of nitrogens with zero attached hydrogens (tertiary/aromatic N) is 3. The van der Waals surface area contributed by atoms with Crippen molar-refractivity contribution in [2.45, 2.75) is 25.8 Å². The van der Waals surface area contributed by atoms with E-state index in [0.29, 0.717) is 44.0 Å². The highest BCUT2D eigenvalue weighted by Crippen LogP contribution is 2.37. The first-order chi connectivity index (χ1) is 15.1. The van der Waals surface area contributed by atoms with Crippen molar-refractivity contribution < 1.29 is 19.1 Å². The van der Waals surface area contributed by atoms with E-state index in [9.17, 15) is 9.59 Å². The molecule has 0 radical (unpaired) electrons. The van der Waals surface area contributed by atoms with Crippen molar-refractivity contribution in [1.29, 1.82) is 0 Å². The molecule has 3 heterocycles. The zero-order valence-corrected chi connectivity index (χ0v) is 17.9. The molecule has 1 aromatic heterocycles. The average molecular weight is 425 g/mol. The molecular formula is C23H28N4O4. The number of hydrogen-bond donors (Lipinski definition) is 1. The summed E-state index contributed by atoms with van der Waals surface area (Å²) in [6.45, 7) is 3.85. The van der Waals surface area contributed by atoms with Crippen LogP contribution in [0.3, 0.4) is 0 Å². The van der Waals surface area contributed by atoms with Crippen LogP contribution in [0.4, 0.5) is 4.79 Å². The first kappa shape index (κ1) is 21.0. The molecule has 1 N–H and O–H groups in total. The number of hydrogen-bond acceptors (Lipinski definition) is 5. The topological polar surface area (TPSA) is 84.0 Å². The highest BCUT2D eigenvalue weighted by molar-refractivity contribution is 5.80. The molecule has 8 heteroatoms. The van der Waals surface area contributed by atoms with E-state index in [1.54, 1.807) is 16.0 Å². The van der Waals surface area contributed by atoms with Gasteiger partial charge in [-0.3, -0.25) is 9.78 Å². The Morgan fingerprint density at radius 1 is 1.19 bits per heavy atom. The number of likely N-dealkylation sites (tertiary alicyclic amines) is 1. The second-order valence-corrected chi connectivity index (χ2v) is 7.82. The largest absolute Gasteiger partial charge is 0.454 e. The van der Waals surface area contributed by atoms with Crippen LogP contribution in [-0.2, 0) is 4.79 Å². The van der Waals surface area contributed by atoms with Crippen LogP contribution < -0.4 is 14.8 Å². The van der Waals surface area contributed by atoms with E-state index < -0.39 is 0 Å². The van der Waals surface area contributed by atoms with E-state index in [0.717, 1.165) is 11.3 Å². The first-order valence-corrected chi connectivity index (χ1v) is 10.7. The lowest BCUT2D eigenvalue weighted by atomic mass is 9.93. The Morgan fingerprint density at radius 2 is 1.97 bits per heavy atom. The molecule has 0 spiro atoms. The summed E-state index contributed by atoms with van der Waals surface area (Å²) in [7, 11) is 1.82. The summed E-state index contributed by atoms with van der Waals surface area (Å²) in [5, 5.41) is 2.83. The lowest BCUT2D eigenvalue weighted by Crippen LogP contribution is -2.47. The molecule has 3 amide bonds. The van der Waals surface area contributed by atoms with Gasteiger partial charge in [0, 0.05) is 38.8 Å². The second kappa shape index (κ2) is 9.24. The Kier molecular flexibility index (Phi) is 6.25. The summed E-state index contributed by atoms with van der Waals surface area (Å²) in [6.07, 6.45) is 3.03. The Balaban J connectivity index is 1.53. The molecule has 0 bridgehead atoms. The third kappa shape index (κ3) is 4.42. The second-order valence-electron chi connectivity index (χ2n) is 7.82.